The van der Waals surface area contributed by atoms with E-state index in [1.54, 1.807) is 6.08 Å². The summed E-state index contributed by atoms with van der Waals surface area (Å²) in [4.78, 5) is 12.4. The van der Waals surface area contributed by atoms with Gasteiger partial charge >= 0.3 is 0 Å². The second-order valence-electron chi connectivity index (χ2n) is 16.9. The van der Waals surface area contributed by atoms with Crippen LogP contribution in [0.3, 0.4) is 0 Å². The molecule has 0 rings (SSSR count). The molecule has 55 heavy (non-hydrogen) atoms. The van der Waals surface area contributed by atoms with Crippen molar-refractivity contribution < 1.29 is 15.0 Å². The number of carbonyl (C=O) groups is 1. The summed E-state index contributed by atoms with van der Waals surface area (Å²) in [5.41, 5.74) is 0. The van der Waals surface area contributed by atoms with Gasteiger partial charge in [0, 0.05) is 6.42 Å². The topological polar surface area (TPSA) is 69.6 Å². The summed E-state index contributed by atoms with van der Waals surface area (Å²) in [5, 5.41) is 23.0. The summed E-state index contributed by atoms with van der Waals surface area (Å²) in [5.74, 6) is -0.0806. The monoisotopic (exact) mass is 772 g/mol. The van der Waals surface area contributed by atoms with E-state index < -0.39 is 12.1 Å². The Morgan fingerprint density at radius 3 is 1.05 bits per heavy atom. The number of unbranched alkanes of at least 4 members (excludes halogenated alkanes) is 34. The standard InChI is InChI=1S/C51H97NO3/c1-3-5-7-9-11-13-15-17-19-21-22-23-24-25-26-27-28-29-30-31-32-34-36-38-40-42-44-46-50(54)49(48-53)52-51(55)47-45-43-41-39-37-35-33-20-18-16-14-12-10-8-6-4-2/h20,33,36,38,44,46,49-50,53-54H,3-19,21-32,34-35,37,39-43,45,47-48H2,1-2H3,(H,52,55)/b33-20-,38-36+,46-44+. The van der Waals surface area contributed by atoms with Crippen molar-refractivity contribution in [3.63, 3.8) is 0 Å². The van der Waals surface area contributed by atoms with Gasteiger partial charge in [-0.15, -0.1) is 0 Å². The van der Waals surface area contributed by atoms with Gasteiger partial charge in [0.2, 0.25) is 5.91 Å². The maximum Gasteiger partial charge on any atom is 0.220 e. The van der Waals surface area contributed by atoms with Gasteiger partial charge < -0.3 is 15.5 Å². The van der Waals surface area contributed by atoms with Crippen molar-refractivity contribution in [2.24, 2.45) is 0 Å². The van der Waals surface area contributed by atoms with Crippen molar-refractivity contribution in [3.8, 4) is 0 Å². The lowest BCUT2D eigenvalue weighted by atomic mass is 10.0. The highest BCUT2D eigenvalue weighted by Gasteiger charge is 2.17. The van der Waals surface area contributed by atoms with Crippen LogP contribution in [0.5, 0.6) is 0 Å². The van der Waals surface area contributed by atoms with E-state index in [2.05, 4.69) is 43.5 Å². The molecule has 4 heteroatoms. The zero-order chi connectivity index (χ0) is 40.0. The van der Waals surface area contributed by atoms with Crippen LogP contribution in [0, 0.1) is 0 Å². The van der Waals surface area contributed by atoms with Crippen LogP contribution in [-0.2, 0) is 4.79 Å². The summed E-state index contributed by atoms with van der Waals surface area (Å²) in [6.07, 6.45) is 62.8. The van der Waals surface area contributed by atoms with Gasteiger partial charge in [-0.1, -0.05) is 237 Å². The van der Waals surface area contributed by atoms with Crippen LogP contribution in [0.1, 0.15) is 264 Å². The molecular weight excluding hydrogens is 675 g/mol. The van der Waals surface area contributed by atoms with Crippen molar-refractivity contribution in [2.75, 3.05) is 6.61 Å². The van der Waals surface area contributed by atoms with Crippen molar-refractivity contribution in [1.29, 1.82) is 0 Å². The van der Waals surface area contributed by atoms with E-state index in [4.69, 9.17) is 0 Å². The molecule has 0 aliphatic carbocycles. The van der Waals surface area contributed by atoms with Crippen LogP contribution in [0.2, 0.25) is 0 Å². The molecule has 4 nitrogen and oxygen atoms in total. The van der Waals surface area contributed by atoms with Gasteiger partial charge in [-0.2, -0.15) is 0 Å². The van der Waals surface area contributed by atoms with Gasteiger partial charge in [-0.05, 0) is 57.8 Å². The van der Waals surface area contributed by atoms with Crippen LogP contribution < -0.4 is 5.32 Å². The Kier molecular flexibility index (Phi) is 45.8. The molecule has 0 heterocycles. The third-order valence-corrected chi connectivity index (χ3v) is 11.3. The van der Waals surface area contributed by atoms with Crippen molar-refractivity contribution in [1.82, 2.24) is 5.32 Å². The van der Waals surface area contributed by atoms with E-state index in [0.717, 1.165) is 44.9 Å². The Hall–Kier alpha value is -1.39. The normalized spacial score (nSPS) is 13.2. The Bertz CT molecular complexity index is 836. The number of amides is 1. The van der Waals surface area contributed by atoms with Crippen molar-refractivity contribution in [3.05, 3.63) is 36.5 Å². The molecule has 2 atom stereocenters. The molecule has 0 aromatic carbocycles. The third kappa shape index (κ3) is 43.6. The minimum atomic E-state index is -0.865. The molecular formula is C51H97NO3. The Morgan fingerprint density at radius 1 is 0.418 bits per heavy atom. The second kappa shape index (κ2) is 47.0. The highest BCUT2D eigenvalue weighted by Crippen LogP contribution is 2.16. The Balaban J connectivity index is 3.55. The highest BCUT2D eigenvalue weighted by atomic mass is 16.3. The molecule has 0 fully saturated rings. The number of hydrogen-bond donors (Lipinski definition) is 3. The van der Waals surface area contributed by atoms with Crippen LogP contribution in [0.15, 0.2) is 36.5 Å². The fourth-order valence-electron chi connectivity index (χ4n) is 7.54. The van der Waals surface area contributed by atoms with Gasteiger partial charge in [0.05, 0.1) is 18.8 Å². The minimum absolute atomic E-state index is 0.0806. The zero-order valence-electron chi connectivity index (χ0n) is 37.2. The predicted molar refractivity (Wildman–Crippen MR) is 244 cm³/mol. The van der Waals surface area contributed by atoms with E-state index >= 15 is 0 Å². The SMILES string of the molecule is CCCCCCCCC/C=C\CCCCCCCC(=O)NC(CO)C(O)/C=C/CC/C=C/CCCCCCCCCCCCCCCCCCCCCCC. The quantitative estimate of drug-likeness (QED) is 0.0426. The van der Waals surface area contributed by atoms with Gasteiger partial charge in [-0.25, -0.2) is 0 Å². The zero-order valence-corrected chi connectivity index (χ0v) is 37.2. The first kappa shape index (κ1) is 53.6. The Labute approximate surface area is 344 Å². The smallest absolute Gasteiger partial charge is 0.220 e. The number of carbonyl (C=O) groups excluding carboxylic acids is 1. The number of hydrogen-bond acceptors (Lipinski definition) is 3. The van der Waals surface area contributed by atoms with Crippen LogP contribution in [0.25, 0.3) is 0 Å². The van der Waals surface area contributed by atoms with E-state index in [1.807, 2.05) is 6.08 Å². The summed E-state index contributed by atoms with van der Waals surface area (Å²) in [6, 6.07) is -0.642. The molecule has 0 radical (unpaired) electrons. The molecule has 1 amide bonds. The Morgan fingerprint density at radius 2 is 0.709 bits per heavy atom. The van der Waals surface area contributed by atoms with Gasteiger partial charge in [0.25, 0.3) is 0 Å². The fraction of sp³-hybridized carbons (Fsp3) is 0.863. The first-order valence-corrected chi connectivity index (χ1v) is 24.7. The summed E-state index contributed by atoms with van der Waals surface area (Å²) in [6.45, 7) is 4.31. The van der Waals surface area contributed by atoms with Gasteiger partial charge in [-0.3, -0.25) is 4.79 Å². The van der Waals surface area contributed by atoms with E-state index in [1.165, 1.54) is 199 Å². The van der Waals surface area contributed by atoms with Crippen LogP contribution >= 0.6 is 0 Å². The lowest BCUT2D eigenvalue weighted by Crippen LogP contribution is -2.45. The summed E-state index contributed by atoms with van der Waals surface area (Å²) < 4.78 is 0. The summed E-state index contributed by atoms with van der Waals surface area (Å²) in [7, 11) is 0. The van der Waals surface area contributed by atoms with E-state index in [-0.39, 0.29) is 12.5 Å². The van der Waals surface area contributed by atoms with Crippen LogP contribution in [0.4, 0.5) is 0 Å². The molecule has 2 unspecified atom stereocenters. The predicted octanol–water partition coefficient (Wildman–Crippen LogP) is 15.7. The molecule has 324 valence electrons. The first-order valence-electron chi connectivity index (χ1n) is 24.7. The van der Waals surface area contributed by atoms with Crippen molar-refractivity contribution >= 4 is 5.91 Å². The molecule has 0 aliphatic heterocycles. The van der Waals surface area contributed by atoms with Gasteiger partial charge in [0.1, 0.15) is 0 Å². The molecule has 0 aromatic rings. The largest absolute Gasteiger partial charge is 0.394 e. The number of aliphatic hydroxyl groups excluding tert-OH is 2. The van der Waals surface area contributed by atoms with Gasteiger partial charge in [0.15, 0.2) is 0 Å². The van der Waals surface area contributed by atoms with Crippen LogP contribution in [-0.4, -0.2) is 34.9 Å². The molecule has 3 N–H and O–H groups in total. The highest BCUT2D eigenvalue weighted by molar-refractivity contribution is 5.76. The lowest BCUT2D eigenvalue weighted by molar-refractivity contribution is -0.123. The average molecular weight is 772 g/mol. The van der Waals surface area contributed by atoms with Crippen molar-refractivity contribution in [2.45, 2.75) is 276 Å². The second-order valence-corrected chi connectivity index (χ2v) is 16.9. The minimum Gasteiger partial charge on any atom is -0.394 e. The molecule has 0 saturated heterocycles. The molecule has 0 aliphatic rings. The maximum atomic E-state index is 12.4. The molecule has 0 bridgehead atoms. The number of allylic oxidation sites excluding steroid dienone is 5. The molecule has 0 saturated carbocycles. The molecule has 0 aromatic heterocycles. The average Bonchev–Trinajstić information content (AvgIpc) is 3.19. The maximum absolute atomic E-state index is 12.4. The number of aliphatic hydroxyl groups is 2. The first-order chi connectivity index (χ1) is 27.2. The number of nitrogens with one attached hydrogen (secondary N) is 1. The number of rotatable bonds is 45. The van der Waals surface area contributed by atoms with E-state index in [0.29, 0.717) is 6.42 Å². The molecule has 0 spiro atoms. The lowest BCUT2D eigenvalue weighted by Gasteiger charge is -2.19. The van der Waals surface area contributed by atoms with E-state index in [9.17, 15) is 15.0 Å². The third-order valence-electron chi connectivity index (χ3n) is 11.3. The fourth-order valence-corrected chi connectivity index (χ4v) is 7.54. The summed E-state index contributed by atoms with van der Waals surface area (Å²) >= 11 is 0.